The van der Waals surface area contributed by atoms with Gasteiger partial charge in [0.25, 0.3) is 5.91 Å². The van der Waals surface area contributed by atoms with Crippen molar-refractivity contribution < 1.29 is 19.4 Å². The molecule has 4 N–H and O–H groups in total. The first kappa shape index (κ1) is 20.5. The van der Waals surface area contributed by atoms with Gasteiger partial charge in [-0.2, -0.15) is 0 Å². The van der Waals surface area contributed by atoms with E-state index in [1.807, 2.05) is 0 Å². The maximum absolute atomic E-state index is 12.4. The Morgan fingerprint density at radius 1 is 1.26 bits per heavy atom. The van der Waals surface area contributed by atoms with E-state index < -0.39 is 23.5 Å². The molecule has 0 radical (unpaired) electrons. The van der Waals surface area contributed by atoms with E-state index in [0.717, 1.165) is 5.56 Å². The summed E-state index contributed by atoms with van der Waals surface area (Å²) in [6.07, 6.45) is 1.20. The maximum atomic E-state index is 12.4. The first-order chi connectivity index (χ1) is 12.7. The highest BCUT2D eigenvalue weighted by Crippen LogP contribution is 2.25. The van der Waals surface area contributed by atoms with Crippen LogP contribution in [0.4, 0.5) is 0 Å². The van der Waals surface area contributed by atoms with Gasteiger partial charge in [0, 0.05) is 22.6 Å². The Bertz CT molecular complexity index is 810. The number of rotatable bonds is 4. The number of hydrogen-bond donors (Lipinski definition) is 3. The molecule has 0 aliphatic heterocycles. The molecule has 0 bridgehead atoms. The average Bonchev–Trinajstić information content (AvgIpc) is 2.60. The van der Waals surface area contributed by atoms with E-state index in [2.05, 4.69) is 29.0 Å². The Hall–Kier alpha value is -2.80. The van der Waals surface area contributed by atoms with Crippen LogP contribution in [0.3, 0.4) is 0 Å². The lowest BCUT2D eigenvalue weighted by Crippen LogP contribution is -2.59. The zero-order chi connectivity index (χ0) is 20.0. The highest BCUT2D eigenvalue weighted by atomic mass is 16.5. The third-order valence-electron chi connectivity index (χ3n) is 4.26. The van der Waals surface area contributed by atoms with Gasteiger partial charge in [0.15, 0.2) is 0 Å². The summed E-state index contributed by atoms with van der Waals surface area (Å²) in [4.78, 5) is 24.2. The Labute approximate surface area is 159 Å². The molecule has 6 heteroatoms. The highest BCUT2D eigenvalue weighted by Gasteiger charge is 2.34. The number of hydrogen-bond acceptors (Lipinski definition) is 5. The summed E-state index contributed by atoms with van der Waals surface area (Å²) in [5, 5.41) is 11.8. The van der Waals surface area contributed by atoms with Crippen molar-refractivity contribution in [3.63, 3.8) is 0 Å². The van der Waals surface area contributed by atoms with Gasteiger partial charge in [0.2, 0.25) is 0 Å². The number of esters is 1. The molecule has 1 aliphatic carbocycles. The second-order valence-corrected chi connectivity index (χ2v) is 7.17. The third kappa shape index (κ3) is 5.86. The number of aliphatic hydroxyl groups is 1. The SMILES string of the molecule is COC(=O)C(NC(=O)c1ccc(C#CC#CC2CC(O)C2)cc1)C(C)(C)N. The lowest BCUT2D eigenvalue weighted by atomic mass is 9.83. The molecule has 1 amide bonds. The number of amides is 1. The maximum Gasteiger partial charge on any atom is 0.330 e. The van der Waals surface area contributed by atoms with Gasteiger partial charge in [-0.1, -0.05) is 11.8 Å². The van der Waals surface area contributed by atoms with Crippen molar-refractivity contribution in [2.24, 2.45) is 11.7 Å². The van der Waals surface area contributed by atoms with Gasteiger partial charge in [-0.25, -0.2) is 4.79 Å². The minimum absolute atomic E-state index is 0.223. The lowest BCUT2D eigenvalue weighted by Gasteiger charge is -2.28. The number of benzene rings is 1. The molecule has 1 unspecified atom stereocenters. The minimum Gasteiger partial charge on any atom is -0.467 e. The normalized spacial score (nSPS) is 19.3. The van der Waals surface area contributed by atoms with Crippen LogP contribution in [0.1, 0.15) is 42.6 Å². The molecule has 0 saturated heterocycles. The van der Waals surface area contributed by atoms with Gasteiger partial charge in [-0.15, -0.1) is 0 Å². The summed E-state index contributed by atoms with van der Waals surface area (Å²) in [5.74, 6) is 10.7. The summed E-state index contributed by atoms with van der Waals surface area (Å²) in [5.41, 5.74) is 6.09. The second-order valence-electron chi connectivity index (χ2n) is 7.17. The standard InChI is InChI=1S/C21H24N2O4/c1-21(2,22)18(20(26)27-3)23-19(25)16-10-8-14(9-11-16)6-4-5-7-15-12-17(24)13-15/h8-11,15,17-18,24H,12-13,22H2,1-3H3,(H,23,25). The van der Waals surface area contributed by atoms with Crippen LogP contribution in [0.2, 0.25) is 0 Å². The van der Waals surface area contributed by atoms with Crippen molar-refractivity contribution in [2.75, 3.05) is 7.11 Å². The minimum atomic E-state index is -0.969. The van der Waals surface area contributed by atoms with Gasteiger partial charge in [-0.3, -0.25) is 4.79 Å². The zero-order valence-corrected chi connectivity index (χ0v) is 15.7. The number of ether oxygens (including phenoxy) is 1. The smallest absolute Gasteiger partial charge is 0.330 e. The predicted octanol–water partition coefficient (Wildman–Crippen LogP) is 0.821. The van der Waals surface area contributed by atoms with Gasteiger partial charge in [-0.05, 0) is 62.8 Å². The first-order valence-corrected chi connectivity index (χ1v) is 8.68. The van der Waals surface area contributed by atoms with Crippen molar-refractivity contribution in [1.29, 1.82) is 0 Å². The summed E-state index contributed by atoms with van der Waals surface area (Å²) in [6, 6.07) is 5.68. The second kappa shape index (κ2) is 8.73. The first-order valence-electron chi connectivity index (χ1n) is 8.68. The van der Waals surface area contributed by atoms with Crippen molar-refractivity contribution in [3.05, 3.63) is 35.4 Å². The molecule has 1 saturated carbocycles. The molecule has 1 aliphatic rings. The molecular weight excluding hydrogens is 344 g/mol. The zero-order valence-electron chi connectivity index (χ0n) is 15.7. The van der Waals surface area contributed by atoms with Crippen LogP contribution in [0.25, 0.3) is 0 Å². The van der Waals surface area contributed by atoms with Crippen molar-refractivity contribution in [1.82, 2.24) is 5.32 Å². The van der Waals surface area contributed by atoms with E-state index in [4.69, 9.17) is 10.5 Å². The third-order valence-corrected chi connectivity index (χ3v) is 4.26. The Morgan fingerprint density at radius 3 is 2.41 bits per heavy atom. The van der Waals surface area contributed by atoms with Crippen molar-refractivity contribution in [2.45, 2.75) is 44.4 Å². The van der Waals surface area contributed by atoms with E-state index in [1.54, 1.807) is 38.1 Å². The van der Waals surface area contributed by atoms with Crippen LogP contribution < -0.4 is 11.1 Å². The summed E-state index contributed by atoms with van der Waals surface area (Å²) < 4.78 is 4.71. The molecule has 6 nitrogen and oxygen atoms in total. The summed E-state index contributed by atoms with van der Waals surface area (Å²) >= 11 is 0. The average molecular weight is 368 g/mol. The van der Waals surface area contributed by atoms with Crippen LogP contribution in [0.15, 0.2) is 24.3 Å². The van der Waals surface area contributed by atoms with E-state index in [-0.39, 0.29) is 12.0 Å². The molecule has 1 atom stereocenters. The van der Waals surface area contributed by atoms with Crippen LogP contribution in [-0.2, 0) is 9.53 Å². The number of methoxy groups -OCH3 is 1. The van der Waals surface area contributed by atoms with E-state index in [0.29, 0.717) is 18.4 Å². The molecule has 27 heavy (non-hydrogen) atoms. The van der Waals surface area contributed by atoms with Gasteiger partial charge < -0.3 is 20.9 Å². The highest BCUT2D eigenvalue weighted by molar-refractivity contribution is 5.97. The molecule has 2 rings (SSSR count). The van der Waals surface area contributed by atoms with E-state index in [1.165, 1.54) is 7.11 Å². The largest absolute Gasteiger partial charge is 0.467 e. The Balaban J connectivity index is 1.99. The number of aliphatic hydroxyl groups excluding tert-OH is 1. The number of nitrogens with one attached hydrogen (secondary N) is 1. The number of carbonyl (C=O) groups is 2. The molecule has 1 aromatic rings. The lowest BCUT2D eigenvalue weighted by molar-refractivity contribution is -0.144. The molecule has 0 aromatic heterocycles. The van der Waals surface area contributed by atoms with E-state index in [9.17, 15) is 14.7 Å². The molecule has 1 aromatic carbocycles. The van der Waals surface area contributed by atoms with Crippen molar-refractivity contribution >= 4 is 11.9 Å². The number of nitrogens with two attached hydrogens (primary N) is 1. The fourth-order valence-corrected chi connectivity index (χ4v) is 2.53. The van der Waals surface area contributed by atoms with Crippen LogP contribution in [0, 0.1) is 29.6 Å². The van der Waals surface area contributed by atoms with Crippen molar-refractivity contribution in [3.8, 4) is 23.7 Å². The van der Waals surface area contributed by atoms with Crippen LogP contribution in [0.5, 0.6) is 0 Å². The molecular formula is C21H24N2O4. The van der Waals surface area contributed by atoms with Gasteiger partial charge >= 0.3 is 5.97 Å². The predicted molar refractivity (Wildman–Crippen MR) is 101 cm³/mol. The summed E-state index contributed by atoms with van der Waals surface area (Å²) in [7, 11) is 1.25. The van der Waals surface area contributed by atoms with Gasteiger partial charge in [0.1, 0.15) is 6.04 Å². The molecule has 0 heterocycles. The van der Waals surface area contributed by atoms with Gasteiger partial charge in [0.05, 0.1) is 13.2 Å². The molecule has 142 valence electrons. The molecule has 1 fully saturated rings. The monoisotopic (exact) mass is 368 g/mol. The summed E-state index contributed by atoms with van der Waals surface area (Å²) in [6.45, 7) is 3.28. The quantitative estimate of drug-likeness (QED) is 0.540. The van der Waals surface area contributed by atoms with Crippen LogP contribution in [-0.4, -0.2) is 41.8 Å². The fourth-order valence-electron chi connectivity index (χ4n) is 2.53. The Morgan fingerprint density at radius 2 is 1.89 bits per heavy atom. The van der Waals surface area contributed by atoms with Crippen LogP contribution >= 0.6 is 0 Å². The fraction of sp³-hybridized carbons (Fsp3) is 0.429. The molecule has 0 spiro atoms. The Kier molecular flexibility index (Phi) is 6.63. The van der Waals surface area contributed by atoms with E-state index >= 15 is 0 Å². The topological polar surface area (TPSA) is 102 Å². The number of carbonyl (C=O) groups excluding carboxylic acids is 2.